The molecule has 3 aliphatic rings. The predicted molar refractivity (Wildman–Crippen MR) is 373 cm³/mol. The molecule has 0 aliphatic carbocycles. The zero-order chi connectivity index (χ0) is 58.4. The minimum Gasteiger partial charge on any atom is -0.311 e. The standard InChI is InChI=1S/C80H62BN5S/c1-79(2,3)52-36-42-56(43-37-52)82(57-44-38-53(39-45-57)80(4,5)6)59-46-47-65-70(48-59)84(58-40-34-51(35-41-58)61-26-18-33-74-75(61)64-25-14-16-32-73(64)87-74)71-49-60(83(54-20-9-7-10-21-54)55-22-11-8-12-23-55)50-72-76(71)81(65)66-28-19-31-69-78(66)86(72)68-30-17-27-63-62-24-13-15-29-67(62)85(69)77(63)68/h7-50H,1-6H3. The topological polar surface area (TPSA) is 17.9 Å². The van der Waals surface area contributed by atoms with Gasteiger partial charge in [0, 0.05) is 82.1 Å². The summed E-state index contributed by atoms with van der Waals surface area (Å²) in [6.45, 7) is 13.6. The number of aromatic nitrogens is 1. The van der Waals surface area contributed by atoms with E-state index in [2.05, 4.69) is 333 Å². The van der Waals surface area contributed by atoms with Crippen molar-refractivity contribution in [1.82, 2.24) is 4.57 Å². The number of hydrogen-bond donors (Lipinski definition) is 0. The SMILES string of the molecule is CC(C)(C)c1ccc(N(c2ccc(C(C)(C)C)cc2)c2ccc3c(c2)N(c2ccc(-c4cccc5sc6ccccc6c45)cc2)c2cc(N(c4ccccc4)c4ccccc4)cc4c2B3c2cccc3c2N4c2cccc4c5ccccc5n-3c24)cc1. The summed E-state index contributed by atoms with van der Waals surface area (Å²) < 4.78 is 5.15. The highest BCUT2D eigenvalue weighted by molar-refractivity contribution is 7.26. The number of rotatable bonds is 8. The van der Waals surface area contributed by atoms with Crippen LogP contribution in [0.15, 0.2) is 267 Å². The zero-order valence-electron chi connectivity index (χ0n) is 49.6. The highest BCUT2D eigenvalue weighted by Crippen LogP contribution is 2.55. The van der Waals surface area contributed by atoms with Crippen molar-refractivity contribution in [1.29, 1.82) is 0 Å². The number of hydrogen-bond acceptors (Lipinski definition) is 5. The molecular formula is C80H62BN5S. The van der Waals surface area contributed by atoms with E-state index in [1.807, 2.05) is 11.3 Å². The molecule has 0 bridgehead atoms. The molecule has 0 N–H and O–H groups in total. The molecule has 0 unspecified atom stereocenters. The average molecular weight is 1140 g/mol. The van der Waals surface area contributed by atoms with Crippen molar-refractivity contribution in [2.24, 2.45) is 0 Å². The molecule has 416 valence electrons. The summed E-state index contributed by atoms with van der Waals surface area (Å²) in [7, 11) is 0. The lowest BCUT2D eigenvalue weighted by Crippen LogP contribution is -2.61. The van der Waals surface area contributed by atoms with Gasteiger partial charge in [0.2, 0.25) is 0 Å². The van der Waals surface area contributed by atoms with Crippen molar-refractivity contribution < 1.29 is 0 Å². The van der Waals surface area contributed by atoms with Crippen LogP contribution in [-0.4, -0.2) is 11.3 Å². The molecule has 5 heterocycles. The van der Waals surface area contributed by atoms with Crippen LogP contribution in [0, 0.1) is 0 Å². The molecule has 0 saturated carbocycles. The first-order valence-corrected chi connectivity index (χ1v) is 31.3. The van der Waals surface area contributed by atoms with Gasteiger partial charge in [0.05, 0.1) is 33.8 Å². The molecule has 2 aromatic heterocycles. The first-order valence-electron chi connectivity index (χ1n) is 30.4. The number of anilines is 12. The quantitative estimate of drug-likeness (QED) is 0.141. The van der Waals surface area contributed by atoms with Crippen molar-refractivity contribution in [3.8, 4) is 16.8 Å². The molecule has 0 fully saturated rings. The van der Waals surface area contributed by atoms with E-state index in [0.29, 0.717) is 0 Å². The van der Waals surface area contributed by atoms with Gasteiger partial charge in [0.25, 0.3) is 6.71 Å². The van der Waals surface area contributed by atoms with Gasteiger partial charge in [-0.25, -0.2) is 0 Å². The normalized spacial score (nSPS) is 13.1. The molecule has 0 amide bonds. The van der Waals surface area contributed by atoms with Crippen LogP contribution >= 0.6 is 11.3 Å². The summed E-state index contributed by atoms with van der Waals surface area (Å²) in [4.78, 5) is 10.1. The monoisotopic (exact) mass is 1140 g/mol. The largest absolute Gasteiger partial charge is 0.311 e. The van der Waals surface area contributed by atoms with Crippen LogP contribution in [0.25, 0.3) is 58.8 Å². The molecule has 0 saturated heterocycles. The Morgan fingerprint density at radius 1 is 0.368 bits per heavy atom. The van der Waals surface area contributed by atoms with Crippen molar-refractivity contribution in [2.45, 2.75) is 52.4 Å². The summed E-state index contributed by atoms with van der Waals surface area (Å²) in [5, 5.41) is 5.11. The fourth-order valence-electron chi connectivity index (χ4n) is 14.5. The second-order valence-corrected chi connectivity index (χ2v) is 26.8. The van der Waals surface area contributed by atoms with Crippen LogP contribution in [0.5, 0.6) is 0 Å². The maximum absolute atomic E-state index is 2.62. The Bertz CT molecular complexity index is 4970. The van der Waals surface area contributed by atoms with E-state index in [9.17, 15) is 0 Å². The van der Waals surface area contributed by atoms with Crippen LogP contribution < -0.4 is 36.0 Å². The van der Waals surface area contributed by atoms with Gasteiger partial charge < -0.3 is 24.2 Å². The fourth-order valence-corrected chi connectivity index (χ4v) is 15.6. The van der Waals surface area contributed by atoms with E-state index in [-0.39, 0.29) is 17.5 Å². The molecule has 87 heavy (non-hydrogen) atoms. The fraction of sp³-hybridized carbons (Fsp3) is 0.100. The third kappa shape index (κ3) is 7.92. The number of fused-ring (bicyclic) bond motifs is 12. The van der Waals surface area contributed by atoms with Gasteiger partial charge >= 0.3 is 0 Å². The lowest BCUT2D eigenvalue weighted by Gasteiger charge is -2.47. The molecular weight excluding hydrogens is 1070 g/mol. The smallest absolute Gasteiger partial charge is 0.252 e. The molecule has 12 aromatic carbocycles. The number of thiophene rings is 1. The molecule has 0 spiro atoms. The van der Waals surface area contributed by atoms with Gasteiger partial charge in [0.1, 0.15) is 0 Å². The number of benzene rings is 12. The van der Waals surface area contributed by atoms with Crippen molar-refractivity contribution in [3.05, 3.63) is 278 Å². The molecule has 3 aliphatic heterocycles. The van der Waals surface area contributed by atoms with E-state index in [4.69, 9.17) is 0 Å². The van der Waals surface area contributed by atoms with E-state index in [1.54, 1.807) is 0 Å². The average Bonchev–Trinajstić information content (AvgIpc) is 1.70. The second-order valence-electron chi connectivity index (χ2n) is 25.7. The minimum absolute atomic E-state index is 0.0000331. The van der Waals surface area contributed by atoms with Crippen molar-refractivity contribution >= 4 is 145 Å². The Labute approximate surface area is 512 Å². The van der Waals surface area contributed by atoms with E-state index < -0.39 is 0 Å². The highest BCUT2D eigenvalue weighted by Gasteiger charge is 2.47. The Kier molecular flexibility index (Phi) is 11.3. The van der Waals surface area contributed by atoms with Crippen LogP contribution in [0.2, 0.25) is 0 Å². The maximum Gasteiger partial charge on any atom is 0.252 e. The van der Waals surface area contributed by atoms with Crippen LogP contribution in [0.3, 0.4) is 0 Å². The maximum atomic E-state index is 2.62. The summed E-state index contributed by atoms with van der Waals surface area (Å²) >= 11 is 1.87. The zero-order valence-corrected chi connectivity index (χ0v) is 50.4. The van der Waals surface area contributed by atoms with Gasteiger partial charge in [0.15, 0.2) is 0 Å². The van der Waals surface area contributed by atoms with Crippen LogP contribution in [0.4, 0.5) is 68.2 Å². The van der Waals surface area contributed by atoms with E-state index >= 15 is 0 Å². The van der Waals surface area contributed by atoms with Gasteiger partial charge in [-0.2, -0.15) is 0 Å². The third-order valence-corrected chi connectivity index (χ3v) is 19.7. The summed E-state index contributed by atoms with van der Waals surface area (Å²) in [5.74, 6) is 0. The van der Waals surface area contributed by atoms with E-state index in [1.165, 1.54) is 103 Å². The Hall–Kier alpha value is -10.1. The molecule has 0 atom stereocenters. The molecule has 7 heteroatoms. The lowest BCUT2D eigenvalue weighted by molar-refractivity contribution is 0.590. The Balaban J connectivity index is 0.964. The molecule has 17 rings (SSSR count). The predicted octanol–water partition coefficient (Wildman–Crippen LogP) is 20.7. The Morgan fingerprint density at radius 3 is 1.57 bits per heavy atom. The molecule has 0 radical (unpaired) electrons. The molecule has 5 nitrogen and oxygen atoms in total. The van der Waals surface area contributed by atoms with E-state index in [0.717, 1.165) is 51.2 Å². The van der Waals surface area contributed by atoms with Gasteiger partial charge in [-0.15, -0.1) is 11.3 Å². The first kappa shape index (κ1) is 51.4. The van der Waals surface area contributed by atoms with Crippen LogP contribution in [0.1, 0.15) is 52.7 Å². The summed E-state index contributed by atoms with van der Waals surface area (Å²) in [6.07, 6.45) is 0. The minimum atomic E-state index is -0.130. The van der Waals surface area contributed by atoms with Crippen molar-refractivity contribution in [2.75, 3.05) is 19.6 Å². The van der Waals surface area contributed by atoms with Crippen LogP contribution in [-0.2, 0) is 10.8 Å². The number of nitrogens with zero attached hydrogens (tertiary/aromatic N) is 5. The van der Waals surface area contributed by atoms with Gasteiger partial charge in [-0.3, -0.25) is 0 Å². The molecule has 14 aromatic rings. The van der Waals surface area contributed by atoms with Gasteiger partial charge in [-0.1, -0.05) is 193 Å². The third-order valence-electron chi connectivity index (χ3n) is 18.6. The highest BCUT2D eigenvalue weighted by atomic mass is 32.1. The summed E-state index contributed by atoms with van der Waals surface area (Å²) in [6, 6.07) is 101. The van der Waals surface area contributed by atoms with Gasteiger partial charge in [-0.05, 0) is 165 Å². The second kappa shape index (κ2) is 19.2. The first-order chi connectivity index (χ1) is 42.4. The van der Waals surface area contributed by atoms with Crippen molar-refractivity contribution in [3.63, 3.8) is 0 Å². The Morgan fingerprint density at radius 2 is 0.897 bits per heavy atom. The lowest BCUT2D eigenvalue weighted by atomic mass is 9.33. The number of para-hydroxylation sites is 5. The summed E-state index contributed by atoms with van der Waals surface area (Å²) in [5.41, 5.74) is 25.9.